The van der Waals surface area contributed by atoms with Crippen LogP contribution in [0.1, 0.15) is 16.3 Å². The summed E-state index contributed by atoms with van der Waals surface area (Å²) in [5.41, 5.74) is 0.729. The second-order valence-electron chi connectivity index (χ2n) is 3.94. The van der Waals surface area contributed by atoms with Gasteiger partial charge in [0.2, 0.25) is 5.82 Å². The van der Waals surface area contributed by atoms with Crippen molar-refractivity contribution in [1.82, 2.24) is 14.9 Å². The number of aromatic nitrogens is 2. The van der Waals surface area contributed by atoms with E-state index >= 15 is 0 Å². The number of ether oxygens (including phenoxy) is 1. The maximum Gasteiger partial charge on any atom is 0.376 e. The number of methoxy groups -OCH3 is 1. The molecule has 1 heterocycles. The number of anilines is 1. The molecule has 1 N–H and O–H groups in total. The molecular formula is C11H18N4O2. The van der Waals surface area contributed by atoms with Gasteiger partial charge in [-0.2, -0.15) is 0 Å². The number of likely N-dealkylation sites (N-methyl/N-ethyl adjacent to an activating group) is 1. The van der Waals surface area contributed by atoms with Crippen LogP contribution in [0.4, 0.5) is 5.82 Å². The van der Waals surface area contributed by atoms with Crippen LogP contribution in [0.5, 0.6) is 0 Å². The Morgan fingerprint density at radius 1 is 1.47 bits per heavy atom. The molecule has 0 radical (unpaired) electrons. The zero-order chi connectivity index (χ0) is 12.8. The predicted molar refractivity (Wildman–Crippen MR) is 65.2 cm³/mol. The quantitative estimate of drug-likeness (QED) is 0.755. The lowest BCUT2D eigenvalue weighted by atomic mass is 10.4. The number of carbonyl (C=O) groups excluding carboxylic acids is 1. The molecular weight excluding hydrogens is 220 g/mol. The van der Waals surface area contributed by atoms with Crippen LogP contribution in [0, 0.1) is 6.92 Å². The normalized spacial score (nSPS) is 10.4. The molecule has 0 spiro atoms. The third-order valence-electron chi connectivity index (χ3n) is 2.09. The van der Waals surface area contributed by atoms with Crippen molar-refractivity contribution in [1.29, 1.82) is 0 Å². The topological polar surface area (TPSA) is 67.3 Å². The SMILES string of the molecule is COC(=O)c1nc(C)cc(NCCN(C)C)n1. The van der Waals surface area contributed by atoms with Crippen molar-refractivity contribution in [3.8, 4) is 0 Å². The van der Waals surface area contributed by atoms with Crippen molar-refractivity contribution < 1.29 is 9.53 Å². The molecule has 0 atom stereocenters. The summed E-state index contributed by atoms with van der Waals surface area (Å²) in [6.45, 7) is 3.45. The number of rotatable bonds is 5. The fraction of sp³-hybridized carbons (Fsp3) is 0.545. The van der Waals surface area contributed by atoms with Gasteiger partial charge in [0.15, 0.2) is 0 Å². The highest BCUT2D eigenvalue weighted by molar-refractivity contribution is 5.85. The molecule has 94 valence electrons. The molecule has 17 heavy (non-hydrogen) atoms. The van der Waals surface area contributed by atoms with E-state index in [-0.39, 0.29) is 5.82 Å². The molecule has 0 bridgehead atoms. The van der Waals surface area contributed by atoms with Crippen molar-refractivity contribution in [3.63, 3.8) is 0 Å². The van der Waals surface area contributed by atoms with Gasteiger partial charge in [0.25, 0.3) is 0 Å². The molecule has 1 aromatic rings. The number of esters is 1. The van der Waals surface area contributed by atoms with E-state index in [0.29, 0.717) is 5.82 Å². The Morgan fingerprint density at radius 3 is 2.76 bits per heavy atom. The largest absolute Gasteiger partial charge is 0.463 e. The number of nitrogens with zero attached hydrogens (tertiary/aromatic N) is 3. The van der Waals surface area contributed by atoms with Gasteiger partial charge in [0.1, 0.15) is 5.82 Å². The molecule has 0 aliphatic carbocycles. The Hall–Kier alpha value is -1.69. The standard InChI is InChI=1S/C11H18N4O2/c1-8-7-9(12-5-6-15(2)3)14-10(13-8)11(16)17-4/h7H,5-6H2,1-4H3,(H,12,13,14). The van der Waals surface area contributed by atoms with Gasteiger partial charge < -0.3 is 15.0 Å². The molecule has 0 aliphatic rings. The molecule has 0 fully saturated rings. The van der Waals surface area contributed by atoms with Gasteiger partial charge in [0.05, 0.1) is 7.11 Å². The molecule has 0 amide bonds. The smallest absolute Gasteiger partial charge is 0.376 e. The van der Waals surface area contributed by atoms with Crippen molar-refractivity contribution in [2.24, 2.45) is 0 Å². The fourth-order valence-electron chi connectivity index (χ4n) is 1.25. The number of hydrogen-bond acceptors (Lipinski definition) is 6. The van der Waals surface area contributed by atoms with E-state index < -0.39 is 5.97 Å². The Morgan fingerprint density at radius 2 is 2.18 bits per heavy atom. The van der Waals surface area contributed by atoms with Gasteiger partial charge in [-0.25, -0.2) is 14.8 Å². The molecule has 0 saturated heterocycles. The average molecular weight is 238 g/mol. The molecule has 0 aliphatic heterocycles. The summed E-state index contributed by atoms with van der Waals surface area (Å²) in [4.78, 5) is 21.5. The monoisotopic (exact) mass is 238 g/mol. The third-order valence-corrected chi connectivity index (χ3v) is 2.09. The first-order valence-corrected chi connectivity index (χ1v) is 5.35. The third kappa shape index (κ3) is 4.36. The maximum absolute atomic E-state index is 11.3. The summed E-state index contributed by atoms with van der Waals surface area (Å²) in [6.07, 6.45) is 0. The molecule has 0 saturated carbocycles. The minimum Gasteiger partial charge on any atom is -0.463 e. The van der Waals surface area contributed by atoms with Crippen LogP contribution in [0.25, 0.3) is 0 Å². The summed E-state index contributed by atoms with van der Waals surface area (Å²) >= 11 is 0. The summed E-state index contributed by atoms with van der Waals surface area (Å²) in [5.74, 6) is 0.198. The van der Waals surface area contributed by atoms with Crippen LogP contribution in [0.3, 0.4) is 0 Å². The lowest BCUT2D eigenvalue weighted by Gasteiger charge is -2.11. The van der Waals surface area contributed by atoms with Crippen LogP contribution in [-0.2, 0) is 4.74 Å². The van der Waals surface area contributed by atoms with E-state index in [1.807, 2.05) is 21.0 Å². The number of aryl methyl sites for hydroxylation is 1. The van der Waals surface area contributed by atoms with Crippen LogP contribution in [0.2, 0.25) is 0 Å². The van der Waals surface area contributed by atoms with Crippen molar-refractivity contribution in [2.75, 3.05) is 39.6 Å². The summed E-state index contributed by atoms with van der Waals surface area (Å²) < 4.78 is 4.59. The highest BCUT2D eigenvalue weighted by Gasteiger charge is 2.11. The number of hydrogen-bond donors (Lipinski definition) is 1. The molecule has 0 aromatic carbocycles. The van der Waals surface area contributed by atoms with Crippen molar-refractivity contribution in [2.45, 2.75) is 6.92 Å². The first-order valence-electron chi connectivity index (χ1n) is 5.35. The Kier molecular flexibility index (Phi) is 4.84. The Labute approximate surface area is 101 Å². The zero-order valence-corrected chi connectivity index (χ0v) is 10.6. The molecule has 6 nitrogen and oxygen atoms in total. The Bertz CT molecular complexity index is 393. The van der Waals surface area contributed by atoms with Crippen molar-refractivity contribution >= 4 is 11.8 Å². The lowest BCUT2D eigenvalue weighted by Crippen LogP contribution is -2.21. The lowest BCUT2D eigenvalue weighted by molar-refractivity contribution is 0.0586. The molecule has 1 rings (SSSR count). The van der Waals surface area contributed by atoms with Gasteiger partial charge in [-0.1, -0.05) is 0 Å². The van der Waals surface area contributed by atoms with Gasteiger partial charge in [-0.05, 0) is 21.0 Å². The average Bonchev–Trinajstić information content (AvgIpc) is 2.26. The van der Waals surface area contributed by atoms with Gasteiger partial charge in [-0.15, -0.1) is 0 Å². The first kappa shape index (κ1) is 13.4. The second-order valence-corrected chi connectivity index (χ2v) is 3.94. The number of nitrogens with one attached hydrogen (secondary N) is 1. The predicted octanol–water partition coefficient (Wildman–Crippen LogP) is 0.545. The minimum absolute atomic E-state index is 0.0832. The van der Waals surface area contributed by atoms with Crippen LogP contribution in [0.15, 0.2) is 6.07 Å². The van der Waals surface area contributed by atoms with E-state index in [1.165, 1.54) is 7.11 Å². The highest BCUT2D eigenvalue weighted by atomic mass is 16.5. The second kappa shape index (κ2) is 6.15. The molecule has 0 unspecified atom stereocenters. The first-order chi connectivity index (χ1) is 8.02. The van der Waals surface area contributed by atoms with Crippen LogP contribution in [-0.4, -0.2) is 55.1 Å². The van der Waals surface area contributed by atoms with E-state index in [4.69, 9.17) is 0 Å². The summed E-state index contributed by atoms with van der Waals surface area (Å²) in [7, 11) is 5.30. The summed E-state index contributed by atoms with van der Waals surface area (Å²) in [5, 5.41) is 3.14. The van der Waals surface area contributed by atoms with Gasteiger partial charge in [0, 0.05) is 24.8 Å². The van der Waals surface area contributed by atoms with Crippen molar-refractivity contribution in [3.05, 3.63) is 17.6 Å². The number of carbonyl (C=O) groups is 1. The fourth-order valence-corrected chi connectivity index (χ4v) is 1.25. The summed E-state index contributed by atoms with van der Waals surface area (Å²) in [6, 6.07) is 1.79. The zero-order valence-electron chi connectivity index (χ0n) is 10.6. The molecule has 1 aromatic heterocycles. The van der Waals surface area contributed by atoms with Crippen LogP contribution >= 0.6 is 0 Å². The van der Waals surface area contributed by atoms with Gasteiger partial charge >= 0.3 is 5.97 Å². The minimum atomic E-state index is -0.524. The highest BCUT2D eigenvalue weighted by Crippen LogP contribution is 2.06. The van der Waals surface area contributed by atoms with E-state index in [9.17, 15) is 4.79 Å². The Balaban J connectivity index is 2.72. The maximum atomic E-state index is 11.3. The van der Waals surface area contributed by atoms with E-state index in [1.54, 1.807) is 6.07 Å². The van der Waals surface area contributed by atoms with E-state index in [2.05, 4.69) is 24.9 Å². The molecule has 6 heteroatoms. The van der Waals surface area contributed by atoms with E-state index in [0.717, 1.165) is 18.8 Å². The van der Waals surface area contributed by atoms with Gasteiger partial charge in [-0.3, -0.25) is 0 Å². The van der Waals surface area contributed by atoms with Crippen LogP contribution < -0.4 is 5.32 Å².